The first-order chi connectivity index (χ1) is 19.4. The summed E-state index contributed by atoms with van der Waals surface area (Å²) in [5, 5.41) is 57.3. The molecule has 0 radical (unpaired) electrons. The third-order valence-corrected chi connectivity index (χ3v) is 9.18. The Labute approximate surface area is 233 Å². The number of phenolic OH excluding ortho intramolecular Hbond substituents is 1. The number of hydrogen-bond donors (Lipinski definition) is 6. The smallest absolute Gasteiger partial charge is 0.230 e. The second-order valence-corrected chi connectivity index (χ2v) is 11.1. The number of benzene rings is 3. The van der Waals surface area contributed by atoms with E-state index in [1.54, 1.807) is 43.3 Å². The Bertz CT molecular complexity index is 1730. The minimum Gasteiger partial charge on any atom is -0.508 e. The lowest BCUT2D eigenvalue weighted by Gasteiger charge is -2.52. The van der Waals surface area contributed by atoms with Gasteiger partial charge in [0.2, 0.25) is 5.91 Å². The van der Waals surface area contributed by atoms with E-state index >= 15 is 0 Å². The highest BCUT2D eigenvalue weighted by Crippen LogP contribution is 2.56. The third-order valence-electron chi connectivity index (χ3n) is 9.18. The second kappa shape index (κ2) is 9.07. The summed E-state index contributed by atoms with van der Waals surface area (Å²) < 4.78 is 0. The van der Waals surface area contributed by atoms with Gasteiger partial charge in [0.05, 0.1) is 17.8 Å². The van der Waals surface area contributed by atoms with Gasteiger partial charge in [-0.25, -0.2) is 0 Å². The zero-order chi connectivity index (χ0) is 29.5. The van der Waals surface area contributed by atoms with Crippen LogP contribution in [-0.4, -0.2) is 67.1 Å². The van der Waals surface area contributed by atoms with Crippen LogP contribution in [0.3, 0.4) is 0 Å². The van der Waals surface area contributed by atoms with Crippen LogP contribution >= 0.6 is 0 Å². The summed E-state index contributed by atoms with van der Waals surface area (Å²) >= 11 is 0. The van der Waals surface area contributed by atoms with Crippen molar-refractivity contribution in [2.24, 2.45) is 23.5 Å². The second-order valence-electron chi connectivity index (χ2n) is 11.1. The maximum absolute atomic E-state index is 14.0. The molecule has 0 saturated heterocycles. The van der Waals surface area contributed by atoms with Crippen LogP contribution in [0.15, 0.2) is 59.9 Å². The van der Waals surface area contributed by atoms with Gasteiger partial charge in [0.1, 0.15) is 17.4 Å². The van der Waals surface area contributed by atoms with Gasteiger partial charge in [-0.1, -0.05) is 49.4 Å². The van der Waals surface area contributed by atoms with Crippen molar-refractivity contribution in [1.82, 2.24) is 0 Å². The Morgan fingerprint density at radius 2 is 1.66 bits per heavy atom. The van der Waals surface area contributed by atoms with Crippen LogP contribution < -0.4 is 5.73 Å². The summed E-state index contributed by atoms with van der Waals surface area (Å²) in [5.41, 5.74) is 3.89. The topological polar surface area (TPSA) is 195 Å². The predicted octanol–water partition coefficient (Wildman–Crippen LogP) is 1.91. The van der Waals surface area contributed by atoms with Gasteiger partial charge in [-0.3, -0.25) is 19.2 Å². The van der Waals surface area contributed by atoms with Gasteiger partial charge in [-0.2, -0.15) is 0 Å². The molecule has 1 amide bonds. The molecular weight excluding hydrogens is 530 g/mol. The fourth-order valence-electron chi connectivity index (χ4n) is 7.28. The number of ketones is 2. The summed E-state index contributed by atoms with van der Waals surface area (Å²) in [6, 6.07) is 13.5. The van der Waals surface area contributed by atoms with Gasteiger partial charge in [0.15, 0.2) is 23.5 Å². The van der Waals surface area contributed by atoms with E-state index in [2.05, 4.69) is 0 Å². The molecular formula is C31H27NO9. The van der Waals surface area contributed by atoms with Crippen LogP contribution in [0.25, 0.3) is 21.9 Å². The van der Waals surface area contributed by atoms with Crippen molar-refractivity contribution in [2.45, 2.75) is 37.1 Å². The Kier molecular flexibility index (Phi) is 5.93. The molecule has 210 valence electrons. The van der Waals surface area contributed by atoms with Crippen LogP contribution in [0.5, 0.6) is 5.75 Å². The lowest BCUT2D eigenvalue weighted by molar-refractivity contribution is -0.179. The normalized spacial score (nSPS) is 30.9. The molecule has 7 atom stereocenters. The average molecular weight is 558 g/mol. The van der Waals surface area contributed by atoms with E-state index in [1.165, 1.54) is 6.07 Å². The third kappa shape index (κ3) is 3.41. The number of primary amides is 1. The molecule has 1 fully saturated rings. The predicted molar refractivity (Wildman–Crippen MR) is 145 cm³/mol. The van der Waals surface area contributed by atoms with Crippen LogP contribution in [-0.2, 0) is 9.59 Å². The number of aldehydes is 1. The summed E-state index contributed by atoms with van der Waals surface area (Å²) in [4.78, 5) is 50.9. The van der Waals surface area contributed by atoms with Crippen molar-refractivity contribution >= 4 is 34.5 Å². The molecule has 3 aromatic carbocycles. The molecule has 3 aliphatic rings. The minimum atomic E-state index is -2.84. The number of fused-ring (bicyclic) bond motifs is 4. The standard InChI is InChI=1S/C31H27NO9/c1-12-21-17(16-7-6-13(11-33)14-4-2-3-5-15(14)16)8-9-19(34)23(21)27(37)25-22(12)26(36)18-10-20(35)24(30(32)40)28(38)31(18,41)29(25)39/h2-9,11-12,18,20,22,24,26,34-36,39,41H,10H2,1H3,(H2,32,40)/t12-,18+,20?,22+,24?,26+,31+/m0/s1. The maximum atomic E-state index is 14.0. The number of hydrogen-bond acceptors (Lipinski definition) is 9. The number of amides is 1. The lowest BCUT2D eigenvalue weighted by atomic mass is 9.54. The van der Waals surface area contributed by atoms with E-state index < -0.39 is 82.5 Å². The van der Waals surface area contributed by atoms with Gasteiger partial charge in [-0.15, -0.1) is 0 Å². The first-order valence-corrected chi connectivity index (χ1v) is 13.2. The molecule has 7 N–H and O–H groups in total. The van der Waals surface area contributed by atoms with Crippen molar-refractivity contribution in [3.63, 3.8) is 0 Å². The Balaban J connectivity index is 1.61. The summed E-state index contributed by atoms with van der Waals surface area (Å²) in [7, 11) is 0. The molecule has 6 rings (SSSR count). The molecule has 0 aliphatic heterocycles. The van der Waals surface area contributed by atoms with E-state index in [1.807, 2.05) is 6.07 Å². The summed E-state index contributed by atoms with van der Waals surface area (Å²) in [5.74, 6) is -10.0. The Hall–Kier alpha value is -4.38. The largest absolute Gasteiger partial charge is 0.508 e. The maximum Gasteiger partial charge on any atom is 0.230 e. The number of Topliss-reactive ketones (excluding diaryl/α,β-unsaturated/α-hetero) is 2. The number of nitrogens with two attached hydrogens (primary N) is 1. The van der Waals surface area contributed by atoms with E-state index in [0.29, 0.717) is 33.0 Å². The number of aliphatic hydroxyl groups excluding tert-OH is 3. The van der Waals surface area contributed by atoms with Crippen molar-refractivity contribution in [1.29, 1.82) is 0 Å². The van der Waals surface area contributed by atoms with Gasteiger partial charge in [0, 0.05) is 23.0 Å². The fourth-order valence-corrected chi connectivity index (χ4v) is 7.28. The number of carbonyl (C=O) groups is 4. The first-order valence-electron chi connectivity index (χ1n) is 13.2. The quantitative estimate of drug-likeness (QED) is 0.206. The van der Waals surface area contributed by atoms with Gasteiger partial charge >= 0.3 is 0 Å². The lowest BCUT2D eigenvalue weighted by Crippen LogP contribution is -2.67. The van der Waals surface area contributed by atoms with E-state index in [0.717, 1.165) is 6.29 Å². The highest BCUT2D eigenvalue weighted by Gasteiger charge is 2.66. The minimum absolute atomic E-state index is 0.166. The van der Waals surface area contributed by atoms with Gasteiger partial charge in [0.25, 0.3) is 0 Å². The van der Waals surface area contributed by atoms with Crippen molar-refractivity contribution in [2.75, 3.05) is 0 Å². The molecule has 3 aliphatic carbocycles. The van der Waals surface area contributed by atoms with Crippen LogP contribution in [0, 0.1) is 17.8 Å². The Morgan fingerprint density at radius 3 is 2.32 bits per heavy atom. The number of aliphatic hydroxyl groups is 4. The molecule has 0 bridgehead atoms. The van der Waals surface area contributed by atoms with Crippen molar-refractivity contribution < 1.29 is 44.7 Å². The van der Waals surface area contributed by atoms with Gasteiger partial charge < -0.3 is 31.3 Å². The van der Waals surface area contributed by atoms with E-state index in [9.17, 15) is 44.7 Å². The average Bonchev–Trinajstić information content (AvgIpc) is 2.94. The van der Waals surface area contributed by atoms with Crippen molar-refractivity contribution in [3.05, 3.63) is 76.6 Å². The van der Waals surface area contributed by atoms with E-state index in [-0.39, 0.29) is 5.56 Å². The molecule has 2 unspecified atom stereocenters. The number of aromatic hydroxyl groups is 1. The number of phenols is 1. The van der Waals surface area contributed by atoms with E-state index in [4.69, 9.17) is 5.73 Å². The monoisotopic (exact) mass is 557 g/mol. The Morgan fingerprint density at radius 1 is 1.00 bits per heavy atom. The van der Waals surface area contributed by atoms with Crippen LogP contribution in [0.1, 0.15) is 45.5 Å². The van der Waals surface area contributed by atoms with Crippen LogP contribution in [0.2, 0.25) is 0 Å². The molecule has 0 aromatic heterocycles. The van der Waals surface area contributed by atoms with Gasteiger partial charge in [-0.05, 0) is 45.9 Å². The summed E-state index contributed by atoms with van der Waals surface area (Å²) in [6.07, 6.45) is -2.91. The molecule has 1 saturated carbocycles. The number of rotatable bonds is 3. The SMILES string of the molecule is C[C@H]1c2c(-c3ccc(C=O)c4ccccc34)ccc(O)c2C(=O)C2=C(O)[C@]3(O)C(=O)C(C(N)=O)C(O)C[C@@H]3[C@@H](O)[C@@H]21. The zero-order valence-electron chi connectivity index (χ0n) is 21.8. The zero-order valence-corrected chi connectivity index (χ0v) is 21.8. The first kappa shape index (κ1) is 26.8. The van der Waals surface area contributed by atoms with Crippen LogP contribution in [0.4, 0.5) is 0 Å². The highest BCUT2D eigenvalue weighted by molar-refractivity contribution is 6.17. The molecule has 0 heterocycles. The molecule has 10 heteroatoms. The molecule has 41 heavy (non-hydrogen) atoms. The summed E-state index contributed by atoms with van der Waals surface area (Å²) in [6.45, 7) is 1.69. The molecule has 10 nitrogen and oxygen atoms in total. The molecule has 3 aromatic rings. The fraction of sp³-hybridized carbons (Fsp3) is 0.290. The highest BCUT2D eigenvalue weighted by atomic mass is 16.4. The molecule has 0 spiro atoms. The number of carbonyl (C=O) groups excluding carboxylic acids is 4. The van der Waals surface area contributed by atoms with Crippen molar-refractivity contribution in [3.8, 4) is 16.9 Å².